The van der Waals surface area contributed by atoms with E-state index in [0.717, 1.165) is 19.7 Å². The maximum absolute atomic E-state index is 5.63. The summed E-state index contributed by atoms with van der Waals surface area (Å²) >= 11 is 1.94. The van der Waals surface area contributed by atoms with Crippen molar-refractivity contribution in [2.24, 2.45) is 0 Å². The molecule has 0 bridgehead atoms. The molecule has 1 aromatic rings. The van der Waals surface area contributed by atoms with Crippen LogP contribution in [0.15, 0.2) is 29.2 Å². The van der Waals surface area contributed by atoms with Crippen molar-refractivity contribution in [1.29, 1.82) is 0 Å². The summed E-state index contributed by atoms with van der Waals surface area (Å²) in [5.74, 6) is 0. The van der Waals surface area contributed by atoms with Crippen LogP contribution in [0.25, 0.3) is 0 Å². The van der Waals surface area contributed by atoms with Gasteiger partial charge in [0.05, 0.1) is 6.10 Å². The summed E-state index contributed by atoms with van der Waals surface area (Å²) in [6.07, 6.45) is 2.87. The quantitative estimate of drug-likeness (QED) is 0.795. The number of rotatable bonds is 6. The van der Waals surface area contributed by atoms with Gasteiger partial charge < -0.3 is 10.1 Å². The van der Waals surface area contributed by atoms with E-state index in [4.69, 9.17) is 4.74 Å². The Morgan fingerprint density at radius 2 is 2.00 bits per heavy atom. The highest BCUT2D eigenvalue weighted by Gasteiger charge is 2.16. The first-order valence-electron chi connectivity index (χ1n) is 8.04. The van der Waals surface area contributed by atoms with E-state index < -0.39 is 0 Å². The summed E-state index contributed by atoms with van der Waals surface area (Å²) in [5, 5.41) is 4.11. The Morgan fingerprint density at radius 3 is 2.57 bits per heavy atom. The van der Waals surface area contributed by atoms with Crippen LogP contribution in [-0.4, -0.2) is 31.1 Å². The molecule has 1 fully saturated rings. The molecule has 118 valence electrons. The minimum absolute atomic E-state index is 0.234. The van der Waals surface area contributed by atoms with Crippen molar-refractivity contribution in [3.63, 3.8) is 0 Å². The normalized spacial score (nSPS) is 20.7. The van der Waals surface area contributed by atoms with Gasteiger partial charge in [0.25, 0.3) is 0 Å². The molecule has 2 atom stereocenters. The van der Waals surface area contributed by atoms with Gasteiger partial charge in [0, 0.05) is 29.8 Å². The number of ether oxygens (including phenoxy) is 1. The zero-order valence-electron chi connectivity index (χ0n) is 13.8. The van der Waals surface area contributed by atoms with Crippen molar-refractivity contribution in [1.82, 2.24) is 5.32 Å². The molecule has 0 radical (unpaired) electrons. The van der Waals surface area contributed by atoms with E-state index in [-0.39, 0.29) is 5.41 Å². The summed E-state index contributed by atoms with van der Waals surface area (Å²) in [6, 6.07) is 9.02. The van der Waals surface area contributed by atoms with E-state index in [1.165, 1.54) is 23.3 Å². The lowest BCUT2D eigenvalue weighted by atomic mass is 9.87. The van der Waals surface area contributed by atoms with Gasteiger partial charge in [-0.05, 0) is 36.0 Å². The van der Waals surface area contributed by atoms with Gasteiger partial charge in [-0.15, -0.1) is 11.8 Å². The van der Waals surface area contributed by atoms with E-state index in [9.17, 15) is 0 Å². The van der Waals surface area contributed by atoms with Gasteiger partial charge in [0.1, 0.15) is 0 Å². The first-order chi connectivity index (χ1) is 9.95. The molecule has 1 saturated heterocycles. The zero-order chi connectivity index (χ0) is 15.3. The molecule has 0 amide bonds. The Morgan fingerprint density at radius 1 is 1.29 bits per heavy atom. The van der Waals surface area contributed by atoms with Crippen LogP contribution in [0.5, 0.6) is 0 Å². The third-order valence-corrected chi connectivity index (χ3v) is 5.00. The molecule has 0 aromatic heterocycles. The van der Waals surface area contributed by atoms with Gasteiger partial charge in [-0.1, -0.05) is 39.8 Å². The number of thioether (sulfide) groups is 1. The van der Waals surface area contributed by atoms with Crippen LogP contribution in [0.4, 0.5) is 0 Å². The number of hydrogen-bond donors (Lipinski definition) is 1. The van der Waals surface area contributed by atoms with Crippen molar-refractivity contribution in [3.05, 3.63) is 29.8 Å². The minimum atomic E-state index is 0.234. The largest absolute Gasteiger partial charge is 0.377 e. The molecule has 1 heterocycles. The molecular formula is C18H29NOS. The zero-order valence-corrected chi connectivity index (χ0v) is 14.6. The van der Waals surface area contributed by atoms with Crippen molar-refractivity contribution >= 4 is 11.8 Å². The molecule has 2 unspecified atom stereocenters. The summed E-state index contributed by atoms with van der Waals surface area (Å²) in [7, 11) is 0. The average molecular weight is 308 g/mol. The van der Waals surface area contributed by atoms with Crippen LogP contribution >= 0.6 is 11.8 Å². The molecule has 3 heteroatoms. The van der Waals surface area contributed by atoms with Gasteiger partial charge >= 0.3 is 0 Å². The third kappa shape index (κ3) is 5.65. The Labute approximate surface area is 134 Å². The minimum Gasteiger partial charge on any atom is -0.377 e. The van der Waals surface area contributed by atoms with Crippen LogP contribution in [0.2, 0.25) is 0 Å². The molecule has 0 aliphatic carbocycles. The standard InChI is InChI=1S/C18H29NOS/c1-14(12-19-13-16-6-5-11-20-16)21-17-9-7-15(8-10-17)18(2,3)4/h7-10,14,16,19H,5-6,11-13H2,1-4H3. The third-order valence-electron chi connectivity index (χ3n) is 3.89. The maximum Gasteiger partial charge on any atom is 0.0700 e. The summed E-state index contributed by atoms with van der Waals surface area (Å²) in [6.45, 7) is 12.0. The van der Waals surface area contributed by atoms with Crippen molar-refractivity contribution in [3.8, 4) is 0 Å². The van der Waals surface area contributed by atoms with Crippen LogP contribution in [-0.2, 0) is 10.2 Å². The van der Waals surface area contributed by atoms with Gasteiger partial charge in [0.2, 0.25) is 0 Å². The molecular weight excluding hydrogens is 278 g/mol. The summed E-state index contributed by atoms with van der Waals surface area (Å²) < 4.78 is 5.63. The van der Waals surface area contributed by atoms with Gasteiger partial charge in [-0.3, -0.25) is 0 Å². The second-order valence-electron chi connectivity index (χ2n) is 7.00. The van der Waals surface area contributed by atoms with Gasteiger partial charge in [-0.25, -0.2) is 0 Å². The van der Waals surface area contributed by atoms with E-state index in [0.29, 0.717) is 11.4 Å². The highest BCUT2D eigenvalue weighted by molar-refractivity contribution is 8.00. The Bertz CT molecular complexity index is 418. The lowest BCUT2D eigenvalue weighted by Gasteiger charge is -2.20. The van der Waals surface area contributed by atoms with Crippen LogP contribution in [0.1, 0.15) is 46.1 Å². The Hall–Kier alpha value is -0.510. The molecule has 2 nitrogen and oxygen atoms in total. The smallest absolute Gasteiger partial charge is 0.0700 e. The molecule has 2 rings (SSSR count). The second kappa shape index (κ2) is 7.66. The number of benzene rings is 1. The van der Waals surface area contributed by atoms with Gasteiger partial charge in [-0.2, -0.15) is 0 Å². The Balaban J connectivity index is 1.73. The fourth-order valence-electron chi connectivity index (χ4n) is 2.56. The van der Waals surface area contributed by atoms with Crippen molar-refractivity contribution < 1.29 is 4.74 Å². The van der Waals surface area contributed by atoms with Crippen molar-refractivity contribution in [2.75, 3.05) is 19.7 Å². The summed E-state index contributed by atoms with van der Waals surface area (Å²) in [4.78, 5) is 1.36. The molecule has 1 aromatic carbocycles. The van der Waals surface area contributed by atoms with E-state index in [1.807, 2.05) is 11.8 Å². The topological polar surface area (TPSA) is 21.3 Å². The number of nitrogens with one attached hydrogen (secondary N) is 1. The molecule has 1 N–H and O–H groups in total. The molecule has 0 saturated carbocycles. The molecule has 1 aliphatic heterocycles. The Kier molecular flexibility index (Phi) is 6.15. The lowest BCUT2D eigenvalue weighted by molar-refractivity contribution is 0.110. The monoisotopic (exact) mass is 307 g/mol. The fraction of sp³-hybridized carbons (Fsp3) is 0.667. The number of hydrogen-bond acceptors (Lipinski definition) is 3. The maximum atomic E-state index is 5.63. The lowest BCUT2D eigenvalue weighted by Crippen LogP contribution is -2.30. The molecule has 0 spiro atoms. The van der Waals surface area contributed by atoms with E-state index in [2.05, 4.69) is 57.3 Å². The first-order valence-corrected chi connectivity index (χ1v) is 8.92. The SMILES string of the molecule is CC(CNCC1CCCO1)Sc1ccc(C(C)(C)C)cc1. The second-order valence-corrected chi connectivity index (χ2v) is 8.51. The average Bonchev–Trinajstić information content (AvgIpc) is 2.91. The predicted octanol–water partition coefficient (Wildman–Crippen LogP) is 4.23. The highest BCUT2D eigenvalue weighted by Crippen LogP contribution is 2.27. The van der Waals surface area contributed by atoms with E-state index >= 15 is 0 Å². The van der Waals surface area contributed by atoms with Crippen LogP contribution in [0.3, 0.4) is 0 Å². The summed E-state index contributed by atoms with van der Waals surface area (Å²) in [5.41, 5.74) is 1.63. The fourth-order valence-corrected chi connectivity index (χ4v) is 3.52. The van der Waals surface area contributed by atoms with Crippen LogP contribution < -0.4 is 5.32 Å². The molecule has 21 heavy (non-hydrogen) atoms. The van der Waals surface area contributed by atoms with Gasteiger partial charge in [0.15, 0.2) is 0 Å². The van der Waals surface area contributed by atoms with Crippen molar-refractivity contribution in [2.45, 2.75) is 62.2 Å². The molecule has 1 aliphatic rings. The first kappa shape index (κ1) is 16.9. The highest BCUT2D eigenvalue weighted by atomic mass is 32.2. The predicted molar refractivity (Wildman–Crippen MR) is 92.3 cm³/mol. The van der Waals surface area contributed by atoms with E-state index in [1.54, 1.807) is 0 Å². The van der Waals surface area contributed by atoms with Crippen LogP contribution in [0, 0.1) is 0 Å².